The average molecular weight is 421 g/mol. The molecule has 2 rings (SSSR count). The molecule has 0 saturated heterocycles. The van der Waals surface area contributed by atoms with E-state index in [4.69, 9.17) is 11.6 Å². The summed E-state index contributed by atoms with van der Waals surface area (Å²) in [5, 5.41) is 2.36. The van der Waals surface area contributed by atoms with Gasteiger partial charge in [0.05, 0.1) is 21.2 Å². The number of rotatable bonds is 6. The van der Waals surface area contributed by atoms with Crippen LogP contribution in [0.3, 0.4) is 0 Å². The Hall–Kier alpha value is -2.10. The topological polar surface area (TPSA) is 75.3 Å². The Labute approximate surface area is 159 Å². The van der Waals surface area contributed by atoms with Gasteiger partial charge in [0.1, 0.15) is 0 Å². The summed E-state index contributed by atoms with van der Waals surface area (Å²) in [6.45, 7) is 0. The van der Waals surface area contributed by atoms with Crippen molar-refractivity contribution in [2.75, 3.05) is 12.4 Å². The molecule has 0 saturated carbocycles. The lowest BCUT2D eigenvalue weighted by molar-refractivity contribution is -0.137. The van der Waals surface area contributed by atoms with Crippen LogP contribution in [-0.4, -0.2) is 21.4 Å². The molecule has 1 amide bonds. The van der Waals surface area contributed by atoms with E-state index in [9.17, 15) is 26.4 Å². The Balaban J connectivity index is 2.01. The van der Waals surface area contributed by atoms with Crippen LogP contribution in [0.5, 0.6) is 0 Å². The van der Waals surface area contributed by atoms with Crippen LogP contribution in [0, 0.1) is 0 Å². The number of anilines is 1. The molecule has 5 nitrogen and oxygen atoms in total. The highest BCUT2D eigenvalue weighted by Crippen LogP contribution is 2.33. The number of carbonyl (C=O) groups excluding carboxylic acids is 1. The Morgan fingerprint density at radius 3 is 2.30 bits per heavy atom. The number of alkyl halides is 3. The molecule has 2 aromatic carbocycles. The van der Waals surface area contributed by atoms with Crippen molar-refractivity contribution in [3.8, 4) is 0 Å². The maximum absolute atomic E-state index is 12.7. The number of halogens is 4. The second-order valence-electron chi connectivity index (χ2n) is 5.59. The van der Waals surface area contributed by atoms with E-state index in [1.807, 2.05) is 0 Å². The van der Waals surface area contributed by atoms with E-state index in [1.165, 1.54) is 19.2 Å². The largest absolute Gasteiger partial charge is 0.416 e. The van der Waals surface area contributed by atoms with Crippen LogP contribution in [0.2, 0.25) is 5.02 Å². The summed E-state index contributed by atoms with van der Waals surface area (Å²) in [6, 6.07) is 8.62. The number of aryl methyl sites for hydroxylation is 1. The summed E-state index contributed by atoms with van der Waals surface area (Å²) >= 11 is 5.84. The molecule has 146 valence electrons. The second kappa shape index (κ2) is 8.28. The van der Waals surface area contributed by atoms with Crippen LogP contribution in [0.25, 0.3) is 0 Å². The zero-order chi connectivity index (χ0) is 20.2. The number of amides is 1. The van der Waals surface area contributed by atoms with Gasteiger partial charge in [-0.3, -0.25) is 4.79 Å². The Morgan fingerprint density at radius 2 is 1.74 bits per heavy atom. The van der Waals surface area contributed by atoms with Gasteiger partial charge < -0.3 is 5.32 Å². The third-order valence-corrected chi connectivity index (χ3v) is 5.47. The molecule has 27 heavy (non-hydrogen) atoms. The summed E-state index contributed by atoms with van der Waals surface area (Å²) in [7, 11) is -2.25. The lowest BCUT2D eigenvalue weighted by Gasteiger charge is -2.11. The highest BCUT2D eigenvalue weighted by atomic mass is 35.5. The molecule has 10 heteroatoms. The third-order valence-electron chi connectivity index (χ3n) is 3.71. The van der Waals surface area contributed by atoms with Crippen LogP contribution in [0.15, 0.2) is 47.4 Å². The molecule has 2 aromatic rings. The summed E-state index contributed by atoms with van der Waals surface area (Å²) < 4.78 is 63.7. The van der Waals surface area contributed by atoms with Crippen molar-refractivity contribution in [3.63, 3.8) is 0 Å². The molecule has 0 aromatic heterocycles. The van der Waals surface area contributed by atoms with Gasteiger partial charge >= 0.3 is 6.18 Å². The lowest BCUT2D eigenvalue weighted by Crippen LogP contribution is -2.18. The molecule has 0 radical (unpaired) electrons. The number of carbonyl (C=O) groups is 1. The first-order valence-electron chi connectivity index (χ1n) is 7.72. The molecule has 0 atom stereocenters. The smallest absolute Gasteiger partial charge is 0.325 e. The Bertz CT molecular complexity index is 929. The molecule has 0 spiro atoms. The predicted molar refractivity (Wildman–Crippen MR) is 96.1 cm³/mol. The fourth-order valence-electron chi connectivity index (χ4n) is 2.22. The number of hydrogen-bond donors (Lipinski definition) is 2. The van der Waals surface area contributed by atoms with E-state index in [-0.39, 0.29) is 28.4 Å². The first-order chi connectivity index (χ1) is 12.5. The number of nitrogens with one attached hydrogen (secondary N) is 2. The van der Waals surface area contributed by atoms with E-state index in [0.29, 0.717) is 5.56 Å². The first-order valence-corrected chi connectivity index (χ1v) is 9.58. The van der Waals surface area contributed by atoms with Crippen molar-refractivity contribution in [1.29, 1.82) is 0 Å². The molecular formula is C17H16ClF3N2O3S. The Morgan fingerprint density at radius 1 is 1.11 bits per heavy atom. The summed E-state index contributed by atoms with van der Waals surface area (Å²) in [5.41, 5.74) is -0.328. The number of hydrogen-bond acceptors (Lipinski definition) is 3. The normalized spacial score (nSPS) is 12.0. The van der Waals surface area contributed by atoms with E-state index in [1.54, 1.807) is 12.1 Å². The van der Waals surface area contributed by atoms with Gasteiger partial charge in [0, 0.05) is 6.42 Å². The predicted octanol–water partition coefficient (Wildman–Crippen LogP) is 3.84. The van der Waals surface area contributed by atoms with Gasteiger partial charge in [0.2, 0.25) is 15.9 Å². The summed E-state index contributed by atoms with van der Waals surface area (Å²) in [6.07, 6.45) is -4.27. The standard InChI is InChI=1S/C17H16ClF3N2O3S/c1-22-27(25,26)13-6-2-11(3-7-13)4-9-16(24)23-15-10-12(17(19,20)21)5-8-14(15)18/h2-3,5-8,10,22H,4,9H2,1H3,(H,23,24). The van der Waals surface area contributed by atoms with Crippen LogP contribution < -0.4 is 10.0 Å². The van der Waals surface area contributed by atoms with Crippen LogP contribution in [0.1, 0.15) is 17.5 Å². The molecule has 0 aliphatic carbocycles. The number of benzene rings is 2. The molecule has 2 N–H and O–H groups in total. The van der Waals surface area contributed by atoms with Crippen molar-refractivity contribution < 1.29 is 26.4 Å². The quantitative estimate of drug-likeness (QED) is 0.745. The highest BCUT2D eigenvalue weighted by molar-refractivity contribution is 7.89. The minimum Gasteiger partial charge on any atom is -0.325 e. The monoisotopic (exact) mass is 420 g/mol. The van der Waals surface area contributed by atoms with Gasteiger partial charge in [0.25, 0.3) is 0 Å². The van der Waals surface area contributed by atoms with Crippen LogP contribution in [0.4, 0.5) is 18.9 Å². The SMILES string of the molecule is CNS(=O)(=O)c1ccc(CCC(=O)Nc2cc(C(F)(F)F)ccc2Cl)cc1. The maximum atomic E-state index is 12.7. The minimum atomic E-state index is -4.54. The van der Waals surface area contributed by atoms with Gasteiger partial charge in [-0.2, -0.15) is 13.2 Å². The van der Waals surface area contributed by atoms with Crippen molar-refractivity contribution in [3.05, 3.63) is 58.6 Å². The average Bonchev–Trinajstić information content (AvgIpc) is 2.61. The van der Waals surface area contributed by atoms with Gasteiger partial charge in [-0.05, 0) is 49.4 Å². The van der Waals surface area contributed by atoms with Crippen LogP contribution >= 0.6 is 11.6 Å². The van der Waals surface area contributed by atoms with Crippen molar-refractivity contribution >= 4 is 33.2 Å². The van der Waals surface area contributed by atoms with Gasteiger partial charge in [-0.15, -0.1) is 0 Å². The lowest BCUT2D eigenvalue weighted by atomic mass is 10.1. The molecule has 0 heterocycles. The molecule has 0 aliphatic heterocycles. The molecule has 0 unspecified atom stereocenters. The zero-order valence-corrected chi connectivity index (χ0v) is 15.7. The molecule has 0 bridgehead atoms. The molecule has 0 aliphatic rings. The van der Waals surface area contributed by atoms with Gasteiger partial charge in [-0.1, -0.05) is 23.7 Å². The third kappa shape index (κ3) is 5.69. The first kappa shape index (κ1) is 21.2. The fraction of sp³-hybridized carbons (Fsp3) is 0.235. The van der Waals surface area contributed by atoms with Crippen LogP contribution in [-0.2, 0) is 27.4 Å². The van der Waals surface area contributed by atoms with Gasteiger partial charge in [0.15, 0.2) is 0 Å². The number of sulfonamides is 1. The molecular weight excluding hydrogens is 405 g/mol. The van der Waals surface area contributed by atoms with Crippen molar-refractivity contribution in [1.82, 2.24) is 4.72 Å². The zero-order valence-electron chi connectivity index (χ0n) is 14.1. The fourth-order valence-corrected chi connectivity index (χ4v) is 3.12. The highest BCUT2D eigenvalue weighted by Gasteiger charge is 2.31. The van der Waals surface area contributed by atoms with E-state index >= 15 is 0 Å². The van der Waals surface area contributed by atoms with Gasteiger partial charge in [-0.25, -0.2) is 13.1 Å². The van der Waals surface area contributed by atoms with Crippen molar-refractivity contribution in [2.45, 2.75) is 23.9 Å². The second-order valence-corrected chi connectivity index (χ2v) is 7.89. The summed E-state index contributed by atoms with van der Waals surface area (Å²) in [4.78, 5) is 12.1. The summed E-state index contributed by atoms with van der Waals surface area (Å²) in [5.74, 6) is -0.511. The van der Waals surface area contributed by atoms with E-state index < -0.39 is 27.7 Å². The molecule has 0 fully saturated rings. The Kier molecular flexibility index (Phi) is 6.50. The van der Waals surface area contributed by atoms with Crippen molar-refractivity contribution in [2.24, 2.45) is 0 Å². The van der Waals surface area contributed by atoms with E-state index in [0.717, 1.165) is 18.2 Å². The maximum Gasteiger partial charge on any atom is 0.416 e. The van der Waals surface area contributed by atoms with E-state index in [2.05, 4.69) is 10.0 Å². The minimum absolute atomic E-state index is 0.00187.